The standard InChI is InChI=1S/C15H18ClN3O/c1-11-8-17-6-7-19(11)9-14-10-20-15(18-14)12-2-4-13(16)5-3-12/h2-5,10-11,17H,6-9H2,1H3/t11-/m1/s1. The largest absolute Gasteiger partial charge is 0.444 e. The van der Waals surface area contributed by atoms with Crippen LogP contribution in [0, 0.1) is 0 Å². The molecule has 0 unspecified atom stereocenters. The van der Waals surface area contributed by atoms with Gasteiger partial charge in [-0.05, 0) is 31.2 Å². The van der Waals surface area contributed by atoms with Crippen LogP contribution in [-0.4, -0.2) is 35.6 Å². The van der Waals surface area contributed by atoms with Gasteiger partial charge in [0.25, 0.3) is 0 Å². The molecule has 0 saturated carbocycles. The number of benzene rings is 1. The molecule has 1 aliphatic rings. The van der Waals surface area contributed by atoms with Gasteiger partial charge in [0.2, 0.25) is 5.89 Å². The average molecular weight is 292 g/mol. The van der Waals surface area contributed by atoms with Crippen molar-refractivity contribution in [2.45, 2.75) is 19.5 Å². The second kappa shape index (κ2) is 5.95. The molecule has 1 saturated heterocycles. The third-order valence-electron chi connectivity index (χ3n) is 3.65. The molecule has 0 amide bonds. The summed E-state index contributed by atoms with van der Waals surface area (Å²) in [4.78, 5) is 6.98. The van der Waals surface area contributed by atoms with Crippen molar-refractivity contribution in [3.8, 4) is 11.5 Å². The number of aromatic nitrogens is 1. The Labute approximate surface area is 123 Å². The average Bonchev–Trinajstić information content (AvgIpc) is 2.91. The quantitative estimate of drug-likeness (QED) is 0.944. The minimum atomic E-state index is 0.527. The smallest absolute Gasteiger partial charge is 0.226 e. The van der Waals surface area contributed by atoms with Gasteiger partial charge in [0, 0.05) is 42.8 Å². The van der Waals surface area contributed by atoms with Gasteiger partial charge in [0.05, 0.1) is 5.69 Å². The van der Waals surface area contributed by atoms with Crippen molar-refractivity contribution in [3.05, 3.63) is 41.2 Å². The second-order valence-corrected chi connectivity index (χ2v) is 5.61. The monoisotopic (exact) mass is 291 g/mol. The van der Waals surface area contributed by atoms with E-state index < -0.39 is 0 Å². The van der Waals surface area contributed by atoms with Crippen molar-refractivity contribution < 1.29 is 4.42 Å². The highest BCUT2D eigenvalue weighted by atomic mass is 35.5. The molecule has 20 heavy (non-hydrogen) atoms. The number of hydrogen-bond donors (Lipinski definition) is 1. The lowest BCUT2D eigenvalue weighted by Gasteiger charge is -2.33. The first-order valence-electron chi connectivity index (χ1n) is 6.87. The maximum absolute atomic E-state index is 5.89. The molecule has 2 aromatic rings. The summed E-state index contributed by atoms with van der Waals surface area (Å²) in [5.41, 5.74) is 1.93. The predicted molar refractivity (Wildman–Crippen MR) is 79.7 cm³/mol. The fourth-order valence-corrected chi connectivity index (χ4v) is 2.56. The minimum Gasteiger partial charge on any atom is -0.444 e. The molecule has 0 spiro atoms. The molecule has 1 aromatic heterocycles. The zero-order valence-corrected chi connectivity index (χ0v) is 12.2. The van der Waals surface area contributed by atoms with E-state index in [4.69, 9.17) is 16.0 Å². The van der Waals surface area contributed by atoms with E-state index in [0.29, 0.717) is 11.9 Å². The number of nitrogens with one attached hydrogen (secondary N) is 1. The van der Waals surface area contributed by atoms with Crippen LogP contribution in [0.25, 0.3) is 11.5 Å². The summed E-state index contributed by atoms with van der Waals surface area (Å²) in [6.07, 6.45) is 1.75. The first-order valence-corrected chi connectivity index (χ1v) is 7.25. The van der Waals surface area contributed by atoms with E-state index in [1.165, 1.54) is 0 Å². The van der Waals surface area contributed by atoms with Gasteiger partial charge in [0.1, 0.15) is 6.26 Å². The lowest BCUT2D eigenvalue weighted by Crippen LogP contribution is -2.49. The van der Waals surface area contributed by atoms with Crippen LogP contribution < -0.4 is 5.32 Å². The van der Waals surface area contributed by atoms with Gasteiger partial charge in [-0.15, -0.1) is 0 Å². The zero-order chi connectivity index (χ0) is 13.9. The molecule has 3 rings (SSSR count). The normalized spacial score (nSPS) is 20.2. The summed E-state index contributed by atoms with van der Waals surface area (Å²) in [5, 5.41) is 4.11. The van der Waals surface area contributed by atoms with Crippen molar-refractivity contribution in [1.82, 2.24) is 15.2 Å². The van der Waals surface area contributed by atoms with Gasteiger partial charge in [-0.1, -0.05) is 11.6 Å². The SMILES string of the molecule is C[C@@H]1CNCCN1Cc1coc(-c2ccc(Cl)cc2)n1. The van der Waals surface area contributed by atoms with E-state index in [1.807, 2.05) is 24.3 Å². The van der Waals surface area contributed by atoms with Gasteiger partial charge in [-0.3, -0.25) is 4.90 Å². The van der Waals surface area contributed by atoms with Gasteiger partial charge >= 0.3 is 0 Å². The summed E-state index contributed by atoms with van der Waals surface area (Å²) >= 11 is 5.89. The Balaban J connectivity index is 1.71. The first-order chi connectivity index (χ1) is 9.72. The molecule has 1 aromatic carbocycles. The summed E-state index contributed by atoms with van der Waals surface area (Å²) in [7, 11) is 0. The first kappa shape index (κ1) is 13.6. The Bertz CT molecular complexity index is 567. The topological polar surface area (TPSA) is 41.3 Å². The Hall–Kier alpha value is -1.36. The fourth-order valence-electron chi connectivity index (χ4n) is 2.43. The maximum atomic E-state index is 5.89. The van der Waals surface area contributed by atoms with Gasteiger partial charge in [-0.25, -0.2) is 4.98 Å². The molecule has 1 atom stereocenters. The van der Waals surface area contributed by atoms with Crippen molar-refractivity contribution >= 4 is 11.6 Å². The molecule has 5 heteroatoms. The van der Waals surface area contributed by atoms with Gasteiger partial charge < -0.3 is 9.73 Å². The molecule has 1 N–H and O–H groups in total. The van der Waals surface area contributed by atoms with Gasteiger partial charge in [-0.2, -0.15) is 0 Å². The number of hydrogen-bond acceptors (Lipinski definition) is 4. The van der Waals surface area contributed by atoms with Crippen LogP contribution in [0.2, 0.25) is 5.02 Å². The van der Waals surface area contributed by atoms with Crippen LogP contribution in [0.3, 0.4) is 0 Å². The fraction of sp³-hybridized carbons (Fsp3) is 0.400. The summed E-state index contributed by atoms with van der Waals surface area (Å²) < 4.78 is 5.57. The number of nitrogens with zero attached hydrogens (tertiary/aromatic N) is 2. The Morgan fingerprint density at radius 1 is 1.40 bits per heavy atom. The molecule has 2 heterocycles. The van der Waals surface area contributed by atoms with E-state index in [-0.39, 0.29) is 0 Å². The maximum Gasteiger partial charge on any atom is 0.226 e. The predicted octanol–water partition coefficient (Wildman–Crippen LogP) is 2.79. The molecular weight excluding hydrogens is 274 g/mol. The van der Waals surface area contributed by atoms with Crippen molar-refractivity contribution in [3.63, 3.8) is 0 Å². The number of halogens is 1. The highest BCUT2D eigenvalue weighted by Crippen LogP contribution is 2.21. The molecule has 1 fully saturated rings. The Morgan fingerprint density at radius 2 is 2.20 bits per heavy atom. The van der Waals surface area contributed by atoms with E-state index in [2.05, 4.69) is 22.1 Å². The minimum absolute atomic E-state index is 0.527. The highest BCUT2D eigenvalue weighted by Gasteiger charge is 2.19. The van der Waals surface area contributed by atoms with Gasteiger partial charge in [0.15, 0.2) is 0 Å². The van der Waals surface area contributed by atoms with Crippen molar-refractivity contribution in [2.75, 3.05) is 19.6 Å². The summed E-state index contributed by atoms with van der Waals surface area (Å²) in [6, 6.07) is 8.06. The lowest BCUT2D eigenvalue weighted by atomic mass is 10.2. The van der Waals surface area contributed by atoms with Crippen LogP contribution in [0.5, 0.6) is 0 Å². The number of oxazole rings is 1. The second-order valence-electron chi connectivity index (χ2n) is 5.17. The van der Waals surface area contributed by atoms with Crippen molar-refractivity contribution in [1.29, 1.82) is 0 Å². The molecular formula is C15H18ClN3O. The summed E-state index contributed by atoms with van der Waals surface area (Å²) in [5.74, 6) is 0.652. The van der Waals surface area contributed by atoms with E-state index >= 15 is 0 Å². The van der Waals surface area contributed by atoms with Crippen molar-refractivity contribution in [2.24, 2.45) is 0 Å². The molecule has 1 aliphatic heterocycles. The third kappa shape index (κ3) is 3.03. The van der Waals surface area contributed by atoms with Crippen LogP contribution in [0.1, 0.15) is 12.6 Å². The van der Waals surface area contributed by atoms with Crippen LogP contribution >= 0.6 is 11.6 Å². The van der Waals surface area contributed by atoms with Crippen LogP contribution in [0.4, 0.5) is 0 Å². The molecule has 106 valence electrons. The third-order valence-corrected chi connectivity index (χ3v) is 3.90. The Morgan fingerprint density at radius 3 is 2.95 bits per heavy atom. The number of piperazine rings is 1. The molecule has 4 nitrogen and oxygen atoms in total. The van der Waals surface area contributed by atoms with Crippen LogP contribution in [-0.2, 0) is 6.54 Å². The molecule has 0 aliphatic carbocycles. The number of rotatable bonds is 3. The van der Waals surface area contributed by atoms with E-state index in [0.717, 1.165) is 42.5 Å². The van der Waals surface area contributed by atoms with Crippen LogP contribution in [0.15, 0.2) is 34.9 Å². The molecule has 0 radical (unpaired) electrons. The van der Waals surface area contributed by atoms with E-state index in [9.17, 15) is 0 Å². The summed E-state index contributed by atoms with van der Waals surface area (Å²) in [6.45, 7) is 6.17. The molecule has 0 bridgehead atoms. The Kier molecular flexibility index (Phi) is 4.05. The zero-order valence-electron chi connectivity index (χ0n) is 11.5. The lowest BCUT2D eigenvalue weighted by molar-refractivity contribution is 0.163. The highest BCUT2D eigenvalue weighted by molar-refractivity contribution is 6.30. The van der Waals surface area contributed by atoms with E-state index in [1.54, 1.807) is 6.26 Å².